The van der Waals surface area contributed by atoms with Crippen molar-refractivity contribution in [1.29, 1.82) is 0 Å². The maximum Gasteiger partial charge on any atom is 0.404 e. The fourth-order valence-electron chi connectivity index (χ4n) is 3.05. The van der Waals surface area contributed by atoms with Crippen LogP contribution in [-0.4, -0.2) is 51.3 Å². The van der Waals surface area contributed by atoms with E-state index in [1.807, 2.05) is 0 Å². The third-order valence-corrected chi connectivity index (χ3v) is 4.03. The van der Waals surface area contributed by atoms with Crippen molar-refractivity contribution in [2.24, 2.45) is 7.05 Å². The lowest BCUT2D eigenvalue weighted by Crippen LogP contribution is -2.47. The molecule has 0 saturated carbocycles. The standard InChI is InChI=1S/C13H20N4O6/c1-7-12(22-3)8(15-13(18)19)4-5-10(23-7)11-9(17(20)21)6-14-16(11)2/h6-8,10,12,15H,4-5H2,1-3H3,(H,18,19)/t7-,8+,10-,12+/m0/s1. The second-order valence-electron chi connectivity index (χ2n) is 5.46. The minimum Gasteiger partial charge on any atom is -0.465 e. The predicted octanol–water partition coefficient (Wildman–Crippen LogP) is 1.22. The molecule has 0 bridgehead atoms. The van der Waals surface area contributed by atoms with Gasteiger partial charge in [0.1, 0.15) is 24.1 Å². The highest BCUT2D eigenvalue weighted by Gasteiger charge is 2.38. The van der Waals surface area contributed by atoms with Crippen LogP contribution in [0.2, 0.25) is 0 Å². The minimum absolute atomic E-state index is 0.108. The second kappa shape index (κ2) is 6.92. The van der Waals surface area contributed by atoms with Crippen LogP contribution in [0.4, 0.5) is 10.5 Å². The number of carboxylic acid groups (broad SMARTS) is 1. The molecule has 1 fully saturated rings. The van der Waals surface area contributed by atoms with Crippen LogP contribution < -0.4 is 5.32 Å². The van der Waals surface area contributed by atoms with Gasteiger partial charge in [-0.2, -0.15) is 5.10 Å². The molecule has 1 aliphatic heterocycles. The largest absolute Gasteiger partial charge is 0.465 e. The monoisotopic (exact) mass is 328 g/mol. The lowest BCUT2D eigenvalue weighted by atomic mass is 10.0. The Morgan fingerprint density at radius 3 is 2.87 bits per heavy atom. The van der Waals surface area contributed by atoms with Crippen LogP contribution >= 0.6 is 0 Å². The van der Waals surface area contributed by atoms with Crippen molar-refractivity contribution in [3.8, 4) is 0 Å². The molecule has 2 N–H and O–H groups in total. The maximum absolute atomic E-state index is 11.2. The first-order valence-electron chi connectivity index (χ1n) is 7.19. The van der Waals surface area contributed by atoms with Gasteiger partial charge in [0.2, 0.25) is 0 Å². The molecule has 10 heteroatoms. The number of methoxy groups -OCH3 is 1. The molecule has 23 heavy (non-hydrogen) atoms. The number of hydrogen-bond donors (Lipinski definition) is 2. The summed E-state index contributed by atoms with van der Waals surface area (Å²) in [6, 6.07) is -0.454. The smallest absolute Gasteiger partial charge is 0.404 e. The quantitative estimate of drug-likeness (QED) is 0.628. The molecule has 0 aliphatic carbocycles. The topological polar surface area (TPSA) is 129 Å². The first-order chi connectivity index (χ1) is 10.8. The summed E-state index contributed by atoms with van der Waals surface area (Å²) in [6.07, 6.45) is -0.597. The molecule has 1 aromatic rings. The molecule has 10 nitrogen and oxygen atoms in total. The molecule has 0 radical (unpaired) electrons. The third-order valence-electron chi connectivity index (χ3n) is 4.03. The molecule has 0 spiro atoms. The van der Waals surface area contributed by atoms with E-state index in [1.165, 1.54) is 18.0 Å². The van der Waals surface area contributed by atoms with Crippen LogP contribution in [-0.2, 0) is 16.5 Å². The number of nitro groups is 1. The van der Waals surface area contributed by atoms with E-state index in [-0.39, 0.29) is 5.69 Å². The van der Waals surface area contributed by atoms with E-state index >= 15 is 0 Å². The summed E-state index contributed by atoms with van der Waals surface area (Å²) in [7, 11) is 3.09. The molecule has 1 saturated heterocycles. The molecule has 2 heterocycles. The van der Waals surface area contributed by atoms with E-state index in [4.69, 9.17) is 14.6 Å². The van der Waals surface area contributed by atoms with Crippen LogP contribution in [0, 0.1) is 10.1 Å². The number of aryl methyl sites for hydroxylation is 1. The highest BCUT2D eigenvalue weighted by Crippen LogP contribution is 2.35. The van der Waals surface area contributed by atoms with Gasteiger partial charge in [0.25, 0.3) is 0 Å². The van der Waals surface area contributed by atoms with Crippen molar-refractivity contribution in [2.75, 3.05) is 7.11 Å². The molecule has 2 rings (SSSR count). The summed E-state index contributed by atoms with van der Waals surface area (Å²) in [4.78, 5) is 21.6. The Balaban J connectivity index is 2.29. The van der Waals surface area contributed by atoms with Gasteiger partial charge in [-0.15, -0.1) is 0 Å². The molecule has 4 atom stereocenters. The Morgan fingerprint density at radius 2 is 2.30 bits per heavy atom. The van der Waals surface area contributed by atoms with Crippen molar-refractivity contribution >= 4 is 11.8 Å². The molecule has 1 amide bonds. The molecule has 0 unspecified atom stereocenters. The number of rotatable bonds is 4. The van der Waals surface area contributed by atoms with Gasteiger partial charge in [-0.1, -0.05) is 0 Å². The number of amides is 1. The molecule has 0 aromatic carbocycles. The fraction of sp³-hybridized carbons (Fsp3) is 0.692. The number of ether oxygens (including phenoxy) is 2. The van der Waals surface area contributed by atoms with Crippen LogP contribution in [0.15, 0.2) is 6.20 Å². The highest BCUT2D eigenvalue weighted by atomic mass is 16.6. The van der Waals surface area contributed by atoms with Crippen molar-refractivity contribution in [3.63, 3.8) is 0 Å². The van der Waals surface area contributed by atoms with Crippen LogP contribution in [0.25, 0.3) is 0 Å². The first kappa shape index (κ1) is 17.2. The van der Waals surface area contributed by atoms with Gasteiger partial charge in [0, 0.05) is 14.2 Å². The van der Waals surface area contributed by atoms with E-state index in [0.29, 0.717) is 18.5 Å². The molecule has 128 valence electrons. The summed E-state index contributed by atoms with van der Waals surface area (Å²) in [5.74, 6) is 0. The van der Waals surface area contributed by atoms with Crippen molar-refractivity contribution in [2.45, 2.75) is 44.1 Å². The predicted molar refractivity (Wildman–Crippen MR) is 78.1 cm³/mol. The first-order valence-corrected chi connectivity index (χ1v) is 7.19. The van der Waals surface area contributed by atoms with Crippen molar-refractivity contribution < 1.29 is 24.3 Å². The average Bonchev–Trinajstić information content (AvgIpc) is 2.77. The zero-order chi connectivity index (χ0) is 17.1. The number of nitrogens with one attached hydrogen (secondary N) is 1. The molecule has 1 aromatic heterocycles. The summed E-state index contributed by atoms with van der Waals surface area (Å²) in [5.41, 5.74) is 0.260. The third kappa shape index (κ3) is 3.59. The lowest BCUT2D eigenvalue weighted by molar-refractivity contribution is -0.386. The maximum atomic E-state index is 11.2. The van der Waals surface area contributed by atoms with Gasteiger partial charge in [0.15, 0.2) is 0 Å². The van der Waals surface area contributed by atoms with Gasteiger partial charge in [0.05, 0.1) is 17.1 Å². The second-order valence-corrected chi connectivity index (χ2v) is 5.46. The summed E-state index contributed by atoms with van der Waals surface area (Å²) in [5, 5.41) is 26.5. The zero-order valence-corrected chi connectivity index (χ0v) is 13.1. The van der Waals surface area contributed by atoms with Crippen LogP contribution in [0.5, 0.6) is 0 Å². The van der Waals surface area contributed by atoms with Gasteiger partial charge < -0.3 is 19.9 Å². The zero-order valence-electron chi connectivity index (χ0n) is 13.1. The van der Waals surface area contributed by atoms with E-state index in [2.05, 4.69) is 10.4 Å². The summed E-state index contributed by atoms with van der Waals surface area (Å²) in [6.45, 7) is 1.76. The van der Waals surface area contributed by atoms with E-state index in [0.717, 1.165) is 0 Å². The summed E-state index contributed by atoms with van der Waals surface area (Å²) >= 11 is 0. The number of hydrogen-bond acceptors (Lipinski definition) is 6. The van der Waals surface area contributed by atoms with E-state index < -0.39 is 35.4 Å². The molecule has 1 aliphatic rings. The fourth-order valence-corrected chi connectivity index (χ4v) is 3.05. The Morgan fingerprint density at radius 1 is 1.61 bits per heavy atom. The Bertz CT molecular complexity index is 589. The van der Waals surface area contributed by atoms with Gasteiger partial charge in [-0.25, -0.2) is 4.79 Å². The highest BCUT2D eigenvalue weighted by molar-refractivity contribution is 5.65. The van der Waals surface area contributed by atoms with E-state index in [1.54, 1.807) is 14.0 Å². The van der Waals surface area contributed by atoms with Crippen LogP contribution in [0.1, 0.15) is 31.6 Å². The van der Waals surface area contributed by atoms with Gasteiger partial charge in [-0.05, 0) is 19.8 Å². The Kier molecular flexibility index (Phi) is 5.16. The Labute approximate surface area is 132 Å². The number of nitrogens with zero attached hydrogens (tertiary/aromatic N) is 3. The average molecular weight is 328 g/mol. The molecular formula is C13H20N4O6. The lowest BCUT2D eigenvalue weighted by Gasteiger charge is -2.27. The number of carbonyl (C=O) groups is 1. The Hall–Kier alpha value is -2.20. The van der Waals surface area contributed by atoms with Gasteiger partial charge >= 0.3 is 11.8 Å². The number of aromatic nitrogens is 2. The SMILES string of the molecule is CO[C@@H]1[C@H](C)O[C@H](c2c([N+](=O)[O-])cnn2C)CC[C@H]1NC(=O)O. The van der Waals surface area contributed by atoms with Gasteiger partial charge in [-0.3, -0.25) is 14.8 Å². The minimum atomic E-state index is -1.14. The van der Waals surface area contributed by atoms with Crippen LogP contribution in [0.3, 0.4) is 0 Å². The van der Waals surface area contributed by atoms with E-state index in [9.17, 15) is 14.9 Å². The van der Waals surface area contributed by atoms with Crippen molar-refractivity contribution in [1.82, 2.24) is 15.1 Å². The molecular weight excluding hydrogens is 308 g/mol. The summed E-state index contributed by atoms with van der Waals surface area (Å²) < 4.78 is 12.7. The normalized spacial score (nSPS) is 28.1. The van der Waals surface area contributed by atoms with Crippen molar-refractivity contribution in [3.05, 3.63) is 22.0 Å².